The summed E-state index contributed by atoms with van der Waals surface area (Å²) >= 11 is 0. The van der Waals surface area contributed by atoms with Crippen LogP contribution in [0.25, 0.3) is 11.1 Å². The monoisotopic (exact) mass is 229 g/mol. The summed E-state index contributed by atoms with van der Waals surface area (Å²) in [4.78, 5) is 14.6. The molecule has 0 radical (unpaired) electrons. The quantitative estimate of drug-likeness (QED) is 0.878. The second-order valence-corrected chi connectivity index (χ2v) is 3.46. The number of carboxylic acids is 1. The summed E-state index contributed by atoms with van der Waals surface area (Å²) < 4.78 is 5.06. The lowest BCUT2D eigenvalue weighted by molar-refractivity contribution is 0.0690. The van der Waals surface area contributed by atoms with Crippen molar-refractivity contribution in [3.8, 4) is 16.9 Å². The van der Waals surface area contributed by atoms with Gasteiger partial charge in [-0.15, -0.1) is 0 Å². The average molecular weight is 229 g/mol. The van der Waals surface area contributed by atoms with Crippen molar-refractivity contribution in [1.82, 2.24) is 4.98 Å². The van der Waals surface area contributed by atoms with Crippen molar-refractivity contribution < 1.29 is 14.6 Å². The molecule has 2 aromatic rings. The number of rotatable bonds is 3. The molecule has 4 heteroatoms. The number of carboxylic acid groups (broad SMARTS) is 1. The molecule has 0 aliphatic heterocycles. The van der Waals surface area contributed by atoms with Crippen LogP contribution in [-0.4, -0.2) is 23.2 Å². The fourth-order valence-corrected chi connectivity index (χ4v) is 1.51. The van der Waals surface area contributed by atoms with Crippen LogP contribution in [0, 0.1) is 0 Å². The van der Waals surface area contributed by atoms with Crippen LogP contribution in [0.3, 0.4) is 0 Å². The minimum Gasteiger partial charge on any atom is -0.497 e. The Hall–Kier alpha value is -2.36. The van der Waals surface area contributed by atoms with Gasteiger partial charge in [-0.3, -0.25) is 0 Å². The lowest BCUT2D eigenvalue weighted by Gasteiger charge is -2.04. The minimum absolute atomic E-state index is 0.0401. The zero-order valence-corrected chi connectivity index (χ0v) is 9.25. The molecule has 0 bridgehead atoms. The van der Waals surface area contributed by atoms with Gasteiger partial charge in [-0.1, -0.05) is 12.1 Å². The third-order valence-corrected chi connectivity index (χ3v) is 2.40. The first-order chi connectivity index (χ1) is 8.20. The van der Waals surface area contributed by atoms with Crippen molar-refractivity contribution in [1.29, 1.82) is 0 Å². The van der Waals surface area contributed by atoms with E-state index in [4.69, 9.17) is 9.84 Å². The van der Waals surface area contributed by atoms with E-state index in [0.717, 1.165) is 16.9 Å². The third-order valence-electron chi connectivity index (χ3n) is 2.40. The first kappa shape index (κ1) is 11.1. The Morgan fingerprint density at radius 2 is 1.88 bits per heavy atom. The van der Waals surface area contributed by atoms with Gasteiger partial charge in [-0.05, 0) is 35.4 Å². The van der Waals surface area contributed by atoms with E-state index >= 15 is 0 Å². The molecule has 17 heavy (non-hydrogen) atoms. The van der Waals surface area contributed by atoms with E-state index in [2.05, 4.69) is 4.98 Å². The molecule has 0 saturated carbocycles. The average Bonchev–Trinajstić information content (AvgIpc) is 2.39. The maximum absolute atomic E-state index is 10.8. The van der Waals surface area contributed by atoms with Crippen LogP contribution in [0.1, 0.15) is 10.5 Å². The number of aromatic nitrogens is 1. The second-order valence-electron chi connectivity index (χ2n) is 3.46. The number of hydrogen-bond donors (Lipinski definition) is 1. The van der Waals surface area contributed by atoms with E-state index < -0.39 is 5.97 Å². The van der Waals surface area contributed by atoms with E-state index in [9.17, 15) is 4.79 Å². The molecule has 1 N–H and O–H groups in total. The Morgan fingerprint density at radius 3 is 2.47 bits per heavy atom. The number of ether oxygens (including phenoxy) is 1. The van der Waals surface area contributed by atoms with Gasteiger partial charge in [0.15, 0.2) is 0 Å². The van der Waals surface area contributed by atoms with E-state index in [1.54, 1.807) is 19.2 Å². The molecule has 4 nitrogen and oxygen atoms in total. The normalized spacial score (nSPS) is 9.94. The van der Waals surface area contributed by atoms with Gasteiger partial charge in [0.25, 0.3) is 0 Å². The van der Waals surface area contributed by atoms with E-state index in [0.29, 0.717) is 0 Å². The van der Waals surface area contributed by atoms with E-state index in [1.807, 2.05) is 24.3 Å². The molecule has 0 fully saturated rings. The van der Waals surface area contributed by atoms with Crippen molar-refractivity contribution in [2.45, 2.75) is 0 Å². The predicted molar refractivity (Wildman–Crippen MR) is 63.2 cm³/mol. The van der Waals surface area contributed by atoms with E-state index in [-0.39, 0.29) is 5.69 Å². The summed E-state index contributed by atoms with van der Waals surface area (Å²) in [6.07, 6.45) is 1.49. The number of carbonyl (C=O) groups is 1. The Morgan fingerprint density at radius 1 is 1.18 bits per heavy atom. The van der Waals surface area contributed by atoms with Crippen molar-refractivity contribution >= 4 is 5.97 Å². The molecule has 1 aromatic carbocycles. The molecule has 1 heterocycles. The Bertz CT molecular complexity index is 535. The van der Waals surface area contributed by atoms with Gasteiger partial charge in [0.05, 0.1) is 7.11 Å². The lowest BCUT2D eigenvalue weighted by Crippen LogP contribution is -1.99. The highest BCUT2D eigenvalue weighted by Crippen LogP contribution is 2.22. The molecule has 2 rings (SSSR count). The van der Waals surface area contributed by atoms with Crippen LogP contribution in [0.4, 0.5) is 0 Å². The number of benzene rings is 1. The van der Waals surface area contributed by atoms with Crippen LogP contribution in [0.15, 0.2) is 42.6 Å². The Kier molecular flexibility index (Phi) is 3.05. The molecular weight excluding hydrogens is 218 g/mol. The molecule has 86 valence electrons. The first-order valence-corrected chi connectivity index (χ1v) is 5.04. The number of nitrogens with zero attached hydrogens (tertiary/aromatic N) is 1. The molecule has 0 spiro atoms. The summed E-state index contributed by atoms with van der Waals surface area (Å²) in [5.74, 6) is -0.262. The van der Waals surface area contributed by atoms with Crippen molar-refractivity contribution in [3.05, 3.63) is 48.3 Å². The highest BCUT2D eigenvalue weighted by Gasteiger charge is 2.06. The fourth-order valence-electron chi connectivity index (χ4n) is 1.51. The Labute approximate surface area is 98.5 Å². The standard InChI is InChI=1S/C13H11NO3/c1-17-11-4-2-9(3-5-11)10-6-7-14-12(8-10)13(15)16/h2-8H,1H3,(H,15,16). The number of hydrogen-bond acceptors (Lipinski definition) is 3. The molecule has 0 unspecified atom stereocenters. The molecular formula is C13H11NO3. The van der Waals surface area contributed by atoms with Crippen LogP contribution in [-0.2, 0) is 0 Å². The van der Waals surface area contributed by atoms with Gasteiger partial charge >= 0.3 is 5.97 Å². The van der Waals surface area contributed by atoms with Gasteiger partial charge in [0, 0.05) is 6.20 Å². The lowest BCUT2D eigenvalue weighted by atomic mass is 10.1. The molecule has 0 aliphatic rings. The maximum Gasteiger partial charge on any atom is 0.354 e. The number of pyridine rings is 1. The van der Waals surface area contributed by atoms with Crippen LogP contribution in [0.5, 0.6) is 5.75 Å². The van der Waals surface area contributed by atoms with Gasteiger partial charge in [-0.25, -0.2) is 9.78 Å². The van der Waals surface area contributed by atoms with Crippen molar-refractivity contribution in [2.24, 2.45) is 0 Å². The molecule has 1 aromatic heterocycles. The topological polar surface area (TPSA) is 59.4 Å². The summed E-state index contributed by atoms with van der Waals surface area (Å²) in [5.41, 5.74) is 1.79. The van der Waals surface area contributed by atoms with E-state index in [1.165, 1.54) is 6.20 Å². The van der Waals surface area contributed by atoms with Gasteiger partial charge in [0.2, 0.25) is 0 Å². The van der Waals surface area contributed by atoms with Gasteiger partial charge in [0.1, 0.15) is 11.4 Å². The fraction of sp³-hybridized carbons (Fsp3) is 0.0769. The summed E-state index contributed by atoms with van der Waals surface area (Å²) in [6, 6.07) is 10.7. The Balaban J connectivity index is 2.38. The molecule has 0 amide bonds. The summed E-state index contributed by atoms with van der Waals surface area (Å²) in [7, 11) is 1.60. The summed E-state index contributed by atoms with van der Waals surface area (Å²) in [5, 5.41) is 8.86. The van der Waals surface area contributed by atoms with Crippen molar-refractivity contribution in [3.63, 3.8) is 0 Å². The molecule has 0 aliphatic carbocycles. The largest absolute Gasteiger partial charge is 0.497 e. The minimum atomic E-state index is -1.03. The zero-order chi connectivity index (χ0) is 12.3. The second kappa shape index (κ2) is 4.65. The van der Waals surface area contributed by atoms with Crippen LogP contribution >= 0.6 is 0 Å². The van der Waals surface area contributed by atoms with Gasteiger partial charge in [-0.2, -0.15) is 0 Å². The number of methoxy groups -OCH3 is 1. The molecule has 0 saturated heterocycles. The summed E-state index contributed by atoms with van der Waals surface area (Å²) in [6.45, 7) is 0. The SMILES string of the molecule is COc1ccc(-c2ccnc(C(=O)O)c2)cc1. The maximum atomic E-state index is 10.8. The highest BCUT2D eigenvalue weighted by molar-refractivity contribution is 5.87. The van der Waals surface area contributed by atoms with Gasteiger partial charge < -0.3 is 9.84 Å². The highest BCUT2D eigenvalue weighted by atomic mass is 16.5. The van der Waals surface area contributed by atoms with Crippen molar-refractivity contribution in [2.75, 3.05) is 7.11 Å². The zero-order valence-electron chi connectivity index (χ0n) is 9.25. The van der Waals surface area contributed by atoms with Crippen LogP contribution in [0.2, 0.25) is 0 Å². The predicted octanol–water partition coefficient (Wildman–Crippen LogP) is 2.46. The van der Waals surface area contributed by atoms with Crippen LogP contribution < -0.4 is 4.74 Å². The number of aromatic carboxylic acids is 1. The first-order valence-electron chi connectivity index (χ1n) is 5.04. The molecule has 0 atom stereocenters. The smallest absolute Gasteiger partial charge is 0.354 e. The third kappa shape index (κ3) is 2.42.